The highest BCUT2D eigenvalue weighted by atomic mass is 16.3. The van der Waals surface area contributed by atoms with E-state index in [4.69, 9.17) is 5.11 Å². The molecule has 0 spiro atoms. The average Bonchev–Trinajstić information content (AvgIpc) is 2.28. The first-order valence-electron chi connectivity index (χ1n) is 6.01. The van der Waals surface area contributed by atoms with Crippen LogP contribution in [-0.4, -0.2) is 24.7 Å². The Morgan fingerprint density at radius 3 is 2.59 bits per heavy atom. The lowest BCUT2D eigenvalue weighted by Gasteiger charge is -2.20. The Hall–Kier alpha value is -1.35. The SMILES string of the molecule is Cc1ccc(N(C)C(=O)CCCCO)c(C)c1. The number of carbonyl (C=O) groups excluding carboxylic acids is 1. The minimum absolute atomic E-state index is 0.102. The molecule has 0 atom stereocenters. The van der Waals surface area contributed by atoms with Crippen LogP contribution in [0.15, 0.2) is 18.2 Å². The van der Waals surface area contributed by atoms with Gasteiger partial charge in [-0.25, -0.2) is 0 Å². The fourth-order valence-electron chi connectivity index (χ4n) is 1.87. The number of rotatable bonds is 5. The van der Waals surface area contributed by atoms with Gasteiger partial charge in [-0.3, -0.25) is 4.79 Å². The maximum absolute atomic E-state index is 11.9. The molecule has 0 heterocycles. The van der Waals surface area contributed by atoms with Gasteiger partial charge in [0.15, 0.2) is 0 Å². The van der Waals surface area contributed by atoms with Gasteiger partial charge in [-0.15, -0.1) is 0 Å². The van der Waals surface area contributed by atoms with Crippen LogP contribution in [0.5, 0.6) is 0 Å². The Labute approximate surface area is 103 Å². The number of anilines is 1. The lowest BCUT2D eigenvalue weighted by Crippen LogP contribution is -2.26. The van der Waals surface area contributed by atoms with E-state index in [1.807, 2.05) is 26.0 Å². The number of amides is 1. The summed E-state index contributed by atoms with van der Waals surface area (Å²) < 4.78 is 0. The zero-order valence-corrected chi connectivity index (χ0v) is 10.9. The number of aryl methyl sites for hydroxylation is 2. The van der Waals surface area contributed by atoms with Crippen LogP contribution in [0.25, 0.3) is 0 Å². The Bertz CT molecular complexity index is 388. The van der Waals surface area contributed by atoms with Gasteiger partial charge in [-0.2, -0.15) is 0 Å². The molecule has 17 heavy (non-hydrogen) atoms. The molecule has 1 rings (SSSR count). The van der Waals surface area contributed by atoms with Crippen LogP contribution in [0.2, 0.25) is 0 Å². The molecule has 0 saturated heterocycles. The van der Waals surface area contributed by atoms with Crippen molar-refractivity contribution in [1.29, 1.82) is 0 Å². The van der Waals surface area contributed by atoms with Crippen molar-refractivity contribution in [1.82, 2.24) is 0 Å². The summed E-state index contributed by atoms with van der Waals surface area (Å²) in [7, 11) is 1.80. The summed E-state index contributed by atoms with van der Waals surface area (Å²) in [5.41, 5.74) is 3.28. The standard InChI is InChI=1S/C14H21NO2/c1-11-7-8-13(12(2)10-11)15(3)14(17)6-4-5-9-16/h7-8,10,16H,4-6,9H2,1-3H3. The summed E-state index contributed by atoms with van der Waals surface area (Å²) in [5, 5.41) is 8.68. The van der Waals surface area contributed by atoms with E-state index >= 15 is 0 Å². The summed E-state index contributed by atoms with van der Waals surface area (Å²) >= 11 is 0. The van der Waals surface area contributed by atoms with Crippen LogP contribution < -0.4 is 4.90 Å². The number of unbranched alkanes of at least 4 members (excludes halogenated alkanes) is 1. The van der Waals surface area contributed by atoms with Crippen LogP contribution >= 0.6 is 0 Å². The molecule has 0 bridgehead atoms. The molecule has 94 valence electrons. The van der Waals surface area contributed by atoms with Crippen LogP contribution in [-0.2, 0) is 4.79 Å². The summed E-state index contributed by atoms with van der Waals surface area (Å²) in [6.07, 6.45) is 1.92. The molecule has 1 aromatic carbocycles. The monoisotopic (exact) mass is 235 g/mol. The summed E-state index contributed by atoms with van der Waals surface area (Å²) in [5.74, 6) is 0.102. The zero-order valence-electron chi connectivity index (χ0n) is 10.9. The molecule has 0 aliphatic carbocycles. The molecular weight excluding hydrogens is 214 g/mol. The van der Waals surface area contributed by atoms with Gasteiger partial charge in [0.25, 0.3) is 0 Å². The summed E-state index contributed by atoms with van der Waals surface area (Å²) in [6.45, 7) is 4.21. The van der Waals surface area contributed by atoms with Crippen molar-refractivity contribution in [3.8, 4) is 0 Å². The molecule has 0 fully saturated rings. The first-order valence-corrected chi connectivity index (χ1v) is 6.01. The predicted molar refractivity (Wildman–Crippen MR) is 70.3 cm³/mol. The molecule has 0 unspecified atom stereocenters. The first-order chi connectivity index (χ1) is 8.06. The van der Waals surface area contributed by atoms with Crippen molar-refractivity contribution in [2.75, 3.05) is 18.6 Å². The van der Waals surface area contributed by atoms with Crippen molar-refractivity contribution in [2.45, 2.75) is 33.1 Å². The van der Waals surface area contributed by atoms with E-state index in [0.717, 1.165) is 17.7 Å². The maximum atomic E-state index is 11.9. The quantitative estimate of drug-likeness (QED) is 0.796. The van der Waals surface area contributed by atoms with Gasteiger partial charge in [0.1, 0.15) is 0 Å². The predicted octanol–water partition coefficient (Wildman–Crippen LogP) is 2.43. The minimum Gasteiger partial charge on any atom is -0.396 e. The lowest BCUT2D eigenvalue weighted by atomic mass is 10.1. The molecule has 0 saturated carbocycles. The highest BCUT2D eigenvalue weighted by Gasteiger charge is 2.12. The Balaban J connectivity index is 2.68. The number of hydrogen-bond acceptors (Lipinski definition) is 2. The van der Waals surface area contributed by atoms with Gasteiger partial charge >= 0.3 is 0 Å². The Morgan fingerprint density at radius 2 is 2.00 bits per heavy atom. The third kappa shape index (κ3) is 3.86. The van der Waals surface area contributed by atoms with E-state index in [0.29, 0.717) is 12.8 Å². The lowest BCUT2D eigenvalue weighted by molar-refractivity contribution is -0.118. The van der Waals surface area contributed by atoms with Gasteiger partial charge < -0.3 is 10.0 Å². The molecule has 3 nitrogen and oxygen atoms in total. The number of aliphatic hydroxyl groups is 1. The van der Waals surface area contributed by atoms with Crippen LogP contribution in [0.1, 0.15) is 30.4 Å². The fraction of sp³-hybridized carbons (Fsp3) is 0.500. The molecule has 1 amide bonds. The highest BCUT2D eigenvalue weighted by molar-refractivity contribution is 5.93. The van der Waals surface area contributed by atoms with Gasteiger partial charge in [0.2, 0.25) is 5.91 Å². The van der Waals surface area contributed by atoms with Crippen molar-refractivity contribution < 1.29 is 9.90 Å². The molecule has 1 N–H and O–H groups in total. The van der Waals surface area contributed by atoms with Crippen LogP contribution in [0.4, 0.5) is 5.69 Å². The molecule has 3 heteroatoms. The van der Waals surface area contributed by atoms with Crippen molar-refractivity contribution >= 4 is 11.6 Å². The number of nitrogens with zero attached hydrogens (tertiary/aromatic N) is 1. The second-order valence-corrected chi connectivity index (χ2v) is 4.42. The Morgan fingerprint density at radius 1 is 1.29 bits per heavy atom. The van der Waals surface area contributed by atoms with E-state index in [9.17, 15) is 4.79 Å². The molecule has 0 aliphatic rings. The molecular formula is C14H21NO2. The maximum Gasteiger partial charge on any atom is 0.226 e. The first kappa shape index (κ1) is 13.7. The van der Waals surface area contributed by atoms with Crippen molar-refractivity contribution in [3.05, 3.63) is 29.3 Å². The summed E-state index contributed by atoms with van der Waals surface area (Å²) in [4.78, 5) is 13.6. The number of hydrogen-bond donors (Lipinski definition) is 1. The second kappa shape index (κ2) is 6.40. The fourth-order valence-corrected chi connectivity index (χ4v) is 1.87. The normalized spacial score (nSPS) is 10.4. The van der Waals surface area contributed by atoms with Gasteiger partial charge in [-0.1, -0.05) is 17.7 Å². The van der Waals surface area contributed by atoms with Gasteiger partial charge in [0, 0.05) is 25.8 Å². The largest absolute Gasteiger partial charge is 0.396 e. The minimum atomic E-state index is 0.102. The third-order valence-corrected chi connectivity index (χ3v) is 2.89. The Kier molecular flexibility index (Phi) is 5.16. The van der Waals surface area contributed by atoms with Crippen LogP contribution in [0.3, 0.4) is 0 Å². The molecule has 1 aromatic rings. The average molecular weight is 235 g/mol. The second-order valence-electron chi connectivity index (χ2n) is 4.42. The summed E-state index contributed by atoms with van der Waals surface area (Å²) in [6, 6.07) is 6.07. The zero-order chi connectivity index (χ0) is 12.8. The topological polar surface area (TPSA) is 40.5 Å². The van der Waals surface area contributed by atoms with Crippen LogP contribution in [0, 0.1) is 13.8 Å². The van der Waals surface area contributed by atoms with E-state index in [1.54, 1.807) is 11.9 Å². The van der Waals surface area contributed by atoms with E-state index in [2.05, 4.69) is 6.07 Å². The molecule has 0 radical (unpaired) electrons. The molecule has 0 aliphatic heterocycles. The van der Waals surface area contributed by atoms with Gasteiger partial charge in [0.05, 0.1) is 0 Å². The van der Waals surface area contributed by atoms with E-state index < -0.39 is 0 Å². The van der Waals surface area contributed by atoms with E-state index in [1.165, 1.54) is 5.56 Å². The number of aliphatic hydroxyl groups excluding tert-OH is 1. The van der Waals surface area contributed by atoms with Gasteiger partial charge in [-0.05, 0) is 38.3 Å². The van der Waals surface area contributed by atoms with E-state index in [-0.39, 0.29) is 12.5 Å². The van der Waals surface area contributed by atoms with Crippen molar-refractivity contribution in [2.24, 2.45) is 0 Å². The molecule has 0 aromatic heterocycles. The highest BCUT2D eigenvalue weighted by Crippen LogP contribution is 2.20. The number of benzene rings is 1. The number of carbonyl (C=O) groups is 1. The smallest absolute Gasteiger partial charge is 0.226 e. The third-order valence-electron chi connectivity index (χ3n) is 2.89. The van der Waals surface area contributed by atoms with Crippen molar-refractivity contribution in [3.63, 3.8) is 0 Å².